The van der Waals surface area contributed by atoms with E-state index in [9.17, 15) is 8.42 Å². The van der Waals surface area contributed by atoms with Gasteiger partial charge in [0.15, 0.2) is 0 Å². The van der Waals surface area contributed by atoms with Crippen molar-refractivity contribution in [3.05, 3.63) is 78.9 Å². The zero-order valence-corrected chi connectivity index (χ0v) is 18.8. The molecule has 0 bridgehead atoms. The summed E-state index contributed by atoms with van der Waals surface area (Å²) in [5, 5.41) is 0.798. The number of aromatic nitrogens is 3. The molecule has 0 radical (unpaired) electrons. The number of hydrogen-bond acceptors (Lipinski definition) is 4. The molecule has 2 heterocycles. The Morgan fingerprint density at radius 1 is 0.967 bits per heavy atom. The highest BCUT2D eigenvalue weighted by Gasteiger charge is 2.22. The van der Waals surface area contributed by atoms with Gasteiger partial charge in [-0.1, -0.05) is 62.0 Å². The molecule has 0 atom stereocenters. The van der Waals surface area contributed by atoms with E-state index < -0.39 is 18.1 Å². The van der Waals surface area contributed by atoms with Crippen LogP contribution < -0.4 is 0 Å². The van der Waals surface area contributed by atoms with E-state index in [1.165, 1.54) is 10.3 Å². The minimum Gasteiger partial charge on any atom is -0.243 e. The van der Waals surface area contributed by atoms with E-state index in [0.717, 1.165) is 5.39 Å². The van der Waals surface area contributed by atoms with Gasteiger partial charge in [-0.3, -0.25) is 0 Å². The second-order valence-electron chi connectivity index (χ2n) is 7.96. The summed E-state index contributed by atoms with van der Waals surface area (Å²) in [6.45, 7) is 6.51. The van der Waals surface area contributed by atoms with E-state index in [4.69, 9.17) is 0 Å². The predicted molar refractivity (Wildman–Crippen MR) is 122 cm³/mol. The Morgan fingerprint density at radius 2 is 1.67 bits per heavy atom. The maximum atomic E-state index is 13.3. The molecule has 0 spiro atoms. The molecule has 0 unspecified atom stereocenters. The third-order valence-electron chi connectivity index (χ3n) is 4.52. The second-order valence-corrected chi connectivity index (χ2v) is 14.5. The maximum Gasteiger partial charge on any atom is 0.268 e. The molecule has 0 saturated heterocycles. The molecule has 7 heteroatoms. The van der Waals surface area contributed by atoms with Crippen LogP contribution in [0.15, 0.2) is 78.2 Å². The Morgan fingerprint density at radius 3 is 2.40 bits per heavy atom. The number of nitrogens with zero attached hydrogens (tertiary/aromatic N) is 3. The van der Waals surface area contributed by atoms with Gasteiger partial charge >= 0.3 is 0 Å². The van der Waals surface area contributed by atoms with Gasteiger partial charge in [0.25, 0.3) is 10.0 Å². The van der Waals surface area contributed by atoms with Gasteiger partial charge in [-0.15, -0.1) is 5.54 Å². The molecule has 0 fully saturated rings. The summed E-state index contributed by atoms with van der Waals surface area (Å²) in [6, 6.07) is 15.8. The third-order valence-corrected chi connectivity index (χ3v) is 7.08. The van der Waals surface area contributed by atoms with Crippen LogP contribution in [0.25, 0.3) is 22.2 Å². The van der Waals surface area contributed by atoms with Crippen molar-refractivity contribution in [2.75, 3.05) is 0 Å². The summed E-state index contributed by atoms with van der Waals surface area (Å²) < 4.78 is 28.0. The van der Waals surface area contributed by atoms with E-state index in [1.54, 1.807) is 48.8 Å². The fourth-order valence-electron chi connectivity index (χ4n) is 3.13. The molecule has 4 aromatic rings. The molecule has 0 amide bonds. The van der Waals surface area contributed by atoms with Crippen molar-refractivity contribution in [3.63, 3.8) is 0 Å². The van der Waals surface area contributed by atoms with Crippen LogP contribution in [0, 0.1) is 11.5 Å². The Labute approximate surface area is 177 Å². The van der Waals surface area contributed by atoms with Crippen LogP contribution in [-0.4, -0.2) is 30.4 Å². The van der Waals surface area contributed by atoms with E-state index in [1.807, 2.05) is 18.2 Å². The lowest BCUT2D eigenvalue weighted by Gasteiger charge is -2.07. The lowest BCUT2D eigenvalue weighted by atomic mass is 10.1. The van der Waals surface area contributed by atoms with E-state index in [0.29, 0.717) is 22.3 Å². The van der Waals surface area contributed by atoms with Crippen molar-refractivity contribution in [1.29, 1.82) is 0 Å². The molecule has 0 saturated carbocycles. The summed E-state index contributed by atoms with van der Waals surface area (Å²) in [7, 11) is -5.36. The molecular formula is C23H21N3O2SSi. The predicted octanol–water partition coefficient (Wildman–Crippen LogP) is 4.56. The molecule has 30 heavy (non-hydrogen) atoms. The molecular weight excluding hydrogens is 410 g/mol. The van der Waals surface area contributed by atoms with Crippen LogP contribution in [0.2, 0.25) is 19.6 Å². The van der Waals surface area contributed by atoms with Crippen molar-refractivity contribution < 1.29 is 8.42 Å². The fourth-order valence-corrected chi connectivity index (χ4v) is 5.03. The first kappa shape index (κ1) is 20.1. The topological polar surface area (TPSA) is 64.8 Å². The summed E-state index contributed by atoms with van der Waals surface area (Å²) in [6.07, 6.45) is 4.79. The molecule has 5 nitrogen and oxygen atoms in total. The highest BCUT2D eigenvalue weighted by atomic mass is 32.2. The third kappa shape index (κ3) is 3.80. The van der Waals surface area contributed by atoms with Gasteiger partial charge in [0.1, 0.15) is 14.4 Å². The smallest absolute Gasteiger partial charge is 0.243 e. The first-order valence-electron chi connectivity index (χ1n) is 9.52. The first-order valence-corrected chi connectivity index (χ1v) is 14.5. The zero-order valence-electron chi connectivity index (χ0n) is 17.0. The first-order chi connectivity index (χ1) is 14.3. The Balaban J connectivity index is 1.97. The van der Waals surface area contributed by atoms with Gasteiger partial charge in [-0.05, 0) is 18.2 Å². The van der Waals surface area contributed by atoms with Crippen LogP contribution in [-0.2, 0) is 10.0 Å². The van der Waals surface area contributed by atoms with Gasteiger partial charge in [0.05, 0.1) is 21.7 Å². The van der Waals surface area contributed by atoms with Crippen molar-refractivity contribution >= 4 is 29.0 Å². The summed E-state index contributed by atoms with van der Waals surface area (Å²) in [5.74, 6) is 3.22. The van der Waals surface area contributed by atoms with Gasteiger partial charge in [0.2, 0.25) is 0 Å². The second kappa shape index (κ2) is 7.56. The largest absolute Gasteiger partial charge is 0.268 e. The zero-order chi connectivity index (χ0) is 21.4. The number of para-hydroxylation sites is 1. The van der Waals surface area contributed by atoms with Gasteiger partial charge in [-0.2, -0.15) is 0 Å². The Kier molecular flexibility index (Phi) is 5.06. The molecule has 2 aromatic carbocycles. The lowest BCUT2D eigenvalue weighted by molar-refractivity contribution is 0.589. The Hall–Kier alpha value is -3.21. The van der Waals surface area contributed by atoms with E-state index in [2.05, 4.69) is 41.1 Å². The average Bonchev–Trinajstić information content (AvgIpc) is 3.13. The van der Waals surface area contributed by atoms with E-state index in [-0.39, 0.29) is 4.90 Å². The maximum absolute atomic E-state index is 13.3. The summed E-state index contributed by atoms with van der Waals surface area (Å²) in [5.41, 5.74) is 5.98. The molecule has 0 aliphatic heterocycles. The van der Waals surface area contributed by atoms with Crippen molar-refractivity contribution in [1.82, 2.24) is 13.9 Å². The summed E-state index contributed by atoms with van der Waals surface area (Å²) in [4.78, 5) is 8.83. The average molecular weight is 432 g/mol. The molecule has 4 rings (SSSR count). The normalized spacial score (nSPS) is 11.8. The van der Waals surface area contributed by atoms with Crippen LogP contribution in [0.1, 0.15) is 5.56 Å². The van der Waals surface area contributed by atoms with Gasteiger partial charge < -0.3 is 0 Å². The standard InChI is InChI=1S/C23H21N3O2SSi/c1-30(2,3)14-13-18-15-24-17-25-23(18)21-16-26(22-12-8-7-11-20(21)22)29(27,28)19-9-5-4-6-10-19/h4-12,15-17H,1-3H3. The van der Waals surface area contributed by atoms with Crippen molar-refractivity contribution in [2.45, 2.75) is 24.5 Å². The lowest BCUT2D eigenvalue weighted by Crippen LogP contribution is -2.16. The highest BCUT2D eigenvalue weighted by Crippen LogP contribution is 2.33. The number of rotatable bonds is 3. The molecule has 0 aliphatic rings. The van der Waals surface area contributed by atoms with E-state index >= 15 is 0 Å². The molecule has 0 N–H and O–H groups in total. The number of fused-ring (bicyclic) bond motifs is 1. The molecule has 0 aliphatic carbocycles. The number of benzene rings is 2. The quantitative estimate of drug-likeness (QED) is 0.352. The van der Waals surface area contributed by atoms with Gasteiger partial charge in [0, 0.05) is 23.3 Å². The van der Waals surface area contributed by atoms with Crippen LogP contribution in [0.4, 0.5) is 0 Å². The van der Waals surface area contributed by atoms with Gasteiger partial charge in [-0.25, -0.2) is 22.4 Å². The van der Waals surface area contributed by atoms with Crippen LogP contribution >= 0.6 is 0 Å². The number of hydrogen-bond donors (Lipinski definition) is 0. The fraction of sp³-hybridized carbons (Fsp3) is 0.130. The van der Waals surface area contributed by atoms with Crippen LogP contribution in [0.5, 0.6) is 0 Å². The monoisotopic (exact) mass is 431 g/mol. The minimum atomic E-state index is -3.76. The summed E-state index contributed by atoms with van der Waals surface area (Å²) >= 11 is 0. The van der Waals surface area contributed by atoms with Crippen molar-refractivity contribution in [3.8, 4) is 22.7 Å². The molecule has 2 aromatic heterocycles. The SMILES string of the molecule is C[Si](C)(C)C#Cc1cncnc1-c1cn(S(=O)(=O)c2ccccc2)c2ccccc12. The van der Waals surface area contributed by atoms with Crippen molar-refractivity contribution in [2.24, 2.45) is 0 Å². The Bertz CT molecular complexity index is 1390. The minimum absolute atomic E-state index is 0.235. The molecule has 150 valence electrons. The highest BCUT2D eigenvalue weighted by molar-refractivity contribution is 7.90. The van der Waals surface area contributed by atoms with Crippen LogP contribution in [0.3, 0.4) is 0 Å².